The lowest BCUT2D eigenvalue weighted by atomic mass is 10.1. The second kappa shape index (κ2) is 76.8. The minimum atomic E-state index is -5.02. The van der Waals surface area contributed by atoms with Gasteiger partial charge in [-0.2, -0.15) is 0 Å². The molecule has 3 N–H and O–H groups in total. The fourth-order valence-corrected chi connectivity index (χ4v) is 10.9. The van der Waals surface area contributed by atoms with Gasteiger partial charge in [0, 0.05) is 25.7 Å². The van der Waals surface area contributed by atoms with E-state index in [0.29, 0.717) is 44.9 Å². The molecule has 5 atom stereocenters. The molecule has 0 rings (SSSR count). The highest BCUT2D eigenvalue weighted by Crippen LogP contribution is 2.45. The molecule has 0 aliphatic carbocycles. The molecule has 0 saturated carbocycles. The molecule has 17 nitrogen and oxygen atoms in total. The highest BCUT2D eigenvalue weighted by Gasteiger charge is 2.30. The summed E-state index contributed by atoms with van der Waals surface area (Å²) in [6.07, 6.45) is 95.5. The fourth-order valence-electron chi connectivity index (χ4n) is 9.36. The molecule has 0 saturated heterocycles. The summed E-state index contributed by atoms with van der Waals surface area (Å²) in [5.74, 6) is -2.43. The maximum absolute atomic E-state index is 13.1. The van der Waals surface area contributed by atoms with Gasteiger partial charge in [0.2, 0.25) is 0 Å². The molecule has 0 aromatic heterocycles. The third-order valence-corrected chi connectivity index (χ3v) is 17.1. The first-order chi connectivity index (χ1) is 51.7. The highest BCUT2D eigenvalue weighted by molar-refractivity contribution is 7.47. The number of esters is 4. The standard InChI is InChI=1S/C87H136O17P2/c1-5-9-13-17-21-25-29-33-37-39-40-42-46-48-52-56-60-64-68-72-85(90)98-78-83(104-87(92)74-70-66-62-58-54-50-44-36-32-28-24-20-16-12-8-4)80-102-106(95,96)100-76-81(88)75-99-105(93,94)101-79-82(103-86(91)73-69-65-61-57-53-49-43-35-31-27-23-19-15-11-7-3)77-97-84(89)71-67-63-59-55-51-47-45-41-38-34-30-26-22-18-14-10-6-2/h9-11,13-15,21-28,33-38,40,42-45,47-48,52-53,55,57,59-60,64,81-83,88H,5-8,12,16-20,29-32,39,41,46,49-51,54,56,58,61-63,65-80H2,1-4H3,(H,93,94)(H,95,96)/b13-9-,14-10-,15-11-,25-21-,26-22-,27-23-,28-24-,37-33-,38-34-,42-40-,43-35-,44-36-,47-45-,52-48-,57-53-,59-55-,64-60-. The average Bonchev–Trinajstić information content (AvgIpc) is 0.909. The number of ether oxygens (including phenoxy) is 4. The molecule has 0 bridgehead atoms. The highest BCUT2D eigenvalue weighted by atomic mass is 31.2. The zero-order valence-electron chi connectivity index (χ0n) is 65.0. The molecule has 0 aliphatic heterocycles. The maximum Gasteiger partial charge on any atom is 0.472 e. The van der Waals surface area contributed by atoms with Gasteiger partial charge in [-0.05, 0) is 173 Å². The van der Waals surface area contributed by atoms with Crippen LogP contribution in [0, 0.1) is 0 Å². The Morgan fingerprint density at radius 1 is 0.274 bits per heavy atom. The van der Waals surface area contributed by atoms with E-state index in [4.69, 9.17) is 37.0 Å². The molecule has 19 heteroatoms. The molecule has 0 aromatic rings. The van der Waals surface area contributed by atoms with Crippen LogP contribution in [0.15, 0.2) is 207 Å². The van der Waals surface area contributed by atoms with Crippen LogP contribution in [0.25, 0.3) is 0 Å². The van der Waals surface area contributed by atoms with Crippen LogP contribution in [0.4, 0.5) is 0 Å². The maximum atomic E-state index is 13.1. The summed E-state index contributed by atoms with van der Waals surface area (Å²) in [5, 5.41) is 10.6. The topological polar surface area (TPSA) is 237 Å². The van der Waals surface area contributed by atoms with E-state index in [9.17, 15) is 43.2 Å². The van der Waals surface area contributed by atoms with Crippen LogP contribution in [0.3, 0.4) is 0 Å². The fraction of sp³-hybridized carbons (Fsp3) is 0.563. The van der Waals surface area contributed by atoms with E-state index >= 15 is 0 Å². The van der Waals surface area contributed by atoms with Gasteiger partial charge in [-0.15, -0.1) is 0 Å². The summed E-state index contributed by atoms with van der Waals surface area (Å²) in [4.78, 5) is 73.0. The van der Waals surface area contributed by atoms with Crippen LogP contribution >= 0.6 is 15.6 Å². The second-order valence-electron chi connectivity index (χ2n) is 25.1. The van der Waals surface area contributed by atoms with Crippen molar-refractivity contribution >= 4 is 39.5 Å². The van der Waals surface area contributed by atoms with Gasteiger partial charge >= 0.3 is 39.5 Å². The molecule has 0 amide bonds. The van der Waals surface area contributed by atoms with Gasteiger partial charge in [-0.3, -0.25) is 37.3 Å². The Morgan fingerprint density at radius 2 is 0.519 bits per heavy atom. The Kier molecular flexibility index (Phi) is 72.2. The van der Waals surface area contributed by atoms with E-state index in [2.05, 4.69) is 198 Å². The molecule has 106 heavy (non-hydrogen) atoms. The van der Waals surface area contributed by atoms with Gasteiger partial charge in [-0.1, -0.05) is 266 Å². The lowest BCUT2D eigenvalue weighted by Gasteiger charge is -2.21. The number of carbonyl (C=O) groups is 4. The van der Waals surface area contributed by atoms with Crippen molar-refractivity contribution in [2.75, 3.05) is 39.6 Å². The molecule has 0 aliphatic rings. The summed E-state index contributed by atoms with van der Waals surface area (Å²) in [7, 11) is -10.0. The third kappa shape index (κ3) is 75.9. The van der Waals surface area contributed by atoms with Crippen LogP contribution in [0.5, 0.6) is 0 Å². The summed E-state index contributed by atoms with van der Waals surface area (Å²) in [6, 6.07) is 0. The smallest absolute Gasteiger partial charge is 0.462 e. The van der Waals surface area contributed by atoms with E-state index in [1.54, 1.807) is 0 Å². The lowest BCUT2D eigenvalue weighted by Crippen LogP contribution is -2.30. The van der Waals surface area contributed by atoms with Gasteiger partial charge in [-0.25, -0.2) is 9.13 Å². The molecule has 0 spiro atoms. The number of carbonyl (C=O) groups excluding carboxylic acids is 4. The summed E-state index contributed by atoms with van der Waals surface area (Å²) in [5.41, 5.74) is 0. The minimum Gasteiger partial charge on any atom is -0.462 e. The average molecular weight is 1520 g/mol. The predicted molar refractivity (Wildman–Crippen MR) is 435 cm³/mol. The SMILES string of the molecule is CC/C=C\C/C=C\C/C=C\C/C=C\C/C=C\C/C=C\CCC(=O)OCC(COP(=O)(O)OCC(O)COP(=O)(O)OCC(COC(=O)CCC/C=C\C/C=C\C/C=C\C/C=C\C/C=C\CC)OC(=O)CCCC/C=C\C/C=C\C/C=C\C/C=C\CC)OC(=O)CCCCCCC/C=C\C/C=C\CCCCC. The molecule has 0 radical (unpaired) electrons. The van der Waals surface area contributed by atoms with Gasteiger partial charge in [0.15, 0.2) is 12.2 Å². The number of allylic oxidation sites excluding steroid dienone is 34. The molecule has 0 aromatic carbocycles. The lowest BCUT2D eigenvalue weighted by molar-refractivity contribution is -0.161. The van der Waals surface area contributed by atoms with Crippen molar-refractivity contribution in [2.45, 2.75) is 277 Å². The normalized spacial score (nSPS) is 15.0. The van der Waals surface area contributed by atoms with Crippen molar-refractivity contribution in [3.8, 4) is 0 Å². The summed E-state index contributed by atoms with van der Waals surface area (Å²) < 4.78 is 68.4. The van der Waals surface area contributed by atoms with Gasteiger partial charge in [0.05, 0.1) is 26.4 Å². The number of hydrogen-bond acceptors (Lipinski definition) is 15. The monoisotopic (exact) mass is 1510 g/mol. The zero-order valence-corrected chi connectivity index (χ0v) is 66.8. The number of phosphoric ester groups is 2. The molecule has 5 unspecified atom stereocenters. The van der Waals surface area contributed by atoms with E-state index in [1.807, 2.05) is 36.5 Å². The van der Waals surface area contributed by atoms with Crippen molar-refractivity contribution in [3.05, 3.63) is 207 Å². The van der Waals surface area contributed by atoms with Gasteiger partial charge in [0.1, 0.15) is 19.3 Å². The number of rotatable bonds is 71. The Balaban J connectivity index is 5.55. The summed E-state index contributed by atoms with van der Waals surface area (Å²) in [6.45, 7) is 4.24. The molecule has 596 valence electrons. The Morgan fingerprint density at radius 3 is 0.858 bits per heavy atom. The Bertz CT molecular complexity index is 2830. The number of phosphoric acid groups is 2. The first-order valence-corrected chi connectivity index (χ1v) is 42.3. The van der Waals surface area contributed by atoms with E-state index in [0.717, 1.165) is 141 Å². The van der Waals surface area contributed by atoms with Gasteiger partial charge in [0.25, 0.3) is 0 Å². The van der Waals surface area contributed by atoms with Crippen molar-refractivity contribution in [1.82, 2.24) is 0 Å². The van der Waals surface area contributed by atoms with Crippen molar-refractivity contribution < 1.29 is 80.2 Å². The largest absolute Gasteiger partial charge is 0.472 e. The van der Waals surface area contributed by atoms with Crippen LogP contribution in [-0.4, -0.2) is 96.7 Å². The third-order valence-electron chi connectivity index (χ3n) is 15.2. The summed E-state index contributed by atoms with van der Waals surface area (Å²) >= 11 is 0. The van der Waals surface area contributed by atoms with Crippen LogP contribution < -0.4 is 0 Å². The van der Waals surface area contributed by atoms with Crippen molar-refractivity contribution in [1.29, 1.82) is 0 Å². The number of unbranched alkanes of at least 4 members (excludes halogenated alkanes) is 11. The van der Waals surface area contributed by atoms with Crippen LogP contribution in [0.2, 0.25) is 0 Å². The number of aliphatic hydroxyl groups excluding tert-OH is 1. The van der Waals surface area contributed by atoms with Crippen LogP contribution in [0.1, 0.15) is 259 Å². The van der Waals surface area contributed by atoms with E-state index in [-0.39, 0.29) is 25.7 Å². The first kappa shape index (κ1) is 99.6. The van der Waals surface area contributed by atoms with Gasteiger partial charge < -0.3 is 33.8 Å². The molecular weight excluding hydrogens is 1380 g/mol. The number of hydrogen-bond donors (Lipinski definition) is 3. The number of aliphatic hydroxyl groups is 1. The second-order valence-corrected chi connectivity index (χ2v) is 28.1. The van der Waals surface area contributed by atoms with Crippen molar-refractivity contribution in [2.24, 2.45) is 0 Å². The Labute approximate surface area is 639 Å². The quantitative estimate of drug-likeness (QED) is 0.0169. The predicted octanol–water partition coefficient (Wildman–Crippen LogP) is 23.1. The molecule has 0 heterocycles. The minimum absolute atomic E-state index is 0.0195. The van der Waals surface area contributed by atoms with E-state index in [1.165, 1.54) is 19.3 Å². The Hall–Kier alpha value is -6.36. The first-order valence-electron chi connectivity index (χ1n) is 39.3. The molecule has 0 fully saturated rings. The van der Waals surface area contributed by atoms with Crippen molar-refractivity contribution in [3.63, 3.8) is 0 Å². The zero-order chi connectivity index (χ0) is 77.4. The van der Waals surface area contributed by atoms with Crippen LogP contribution in [-0.2, 0) is 65.4 Å². The molecular formula is C87H136O17P2. The van der Waals surface area contributed by atoms with E-state index < -0.39 is 97.5 Å².